The zero-order valence-electron chi connectivity index (χ0n) is 13.5. The Balaban J connectivity index is 2.11. The molecule has 0 aliphatic heterocycles. The fourth-order valence-electron chi connectivity index (χ4n) is 1.74. The number of allylic oxidation sites excluding steroid dienone is 2. The number of nitrogens with zero attached hydrogens (tertiary/aromatic N) is 6. The molecule has 0 saturated carbocycles. The van der Waals surface area contributed by atoms with Crippen molar-refractivity contribution in [3.8, 4) is 18.2 Å². The Morgan fingerprint density at radius 3 is 1.92 bits per heavy atom. The first-order valence-corrected chi connectivity index (χ1v) is 7.29. The summed E-state index contributed by atoms with van der Waals surface area (Å²) in [6.07, 6.45) is 0. The molecule has 26 heavy (non-hydrogen) atoms. The van der Waals surface area contributed by atoms with Gasteiger partial charge in [-0.05, 0) is 36.4 Å². The maximum absolute atomic E-state index is 9.06. The lowest BCUT2D eigenvalue weighted by Crippen LogP contribution is -2.13. The number of rotatable bonds is 5. The molecule has 3 N–H and O–H groups in total. The molecule has 0 aliphatic rings. The summed E-state index contributed by atoms with van der Waals surface area (Å²) in [6, 6.07) is 21.1. The van der Waals surface area contributed by atoms with Gasteiger partial charge in [-0.1, -0.05) is 18.2 Å². The predicted octanol–water partition coefficient (Wildman–Crippen LogP) is 3.65. The van der Waals surface area contributed by atoms with E-state index in [1.807, 2.05) is 30.3 Å². The zero-order chi connectivity index (χ0) is 18.8. The number of nitriles is 3. The molecule has 2 rings (SSSR count). The molecule has 0 fully saturated rings. The predicted molar refractivity (Wildman–Crippen MR) is 96.2 cm³/mol. The molecule has 0 heterocycles. The number of nitrogens with two attached hydrogens (primary N) is 1. The maximum atomic E-state index is 9.06. The number of hydrazone groups is 1. The molecule has 0 amide bonds. The van der Waals surface area contributed by atoms with E-state index in [9.17, 15) is 0 Å². The standard InChI is InChI=1S/C18H12N8/c19-10-13(11-20)18(22)17(12-21)26-25-16-8-6-15(7-9-16)24-23-14-4-2-1-3-5-14/h1-9,25H,22H2/b24-23+,26-17?. The summed E-state index contributed by atoms with van der Waals surface area (Å²) in [5.41, 5.74) is 9.28. The molecule has 0 aliphatic carbocycles. The first-order chi connectivity index (χ1) is 12.7. The minimum atomic E-state index is -0.372. The molecule has 0 saturated heterocycles. The highest BCUT2D eigenvalue weighted by molar-refractivity contribution is 6.12. The monoisotopic (exact) mass is 340 g/mol. The average molecular weight is 340 g/mol. The Morgan fingerprint density at radius 2 is 1.38 bits per heavy atom. The van der Waals surface area contributed by atoms with Crippen LogP contribution in [0.25, 0.3) is 0 Å². The van der Waals surface area contributed by atoms with Crippen LogP contribution in [0.15, 0.2) is 81.2 Å². The Labute approximate surface area is 149 Å². The summed E-state index contributed by atoms with van der Waals surface area (Å²) in [7, 11) is 0. The van der Waals surface area contributed by atoms with Crippen LogP contribution in [-0.4, -0.2) is 5.71 Å². The molecule has 0 unspecified atom stereocenters. The summed E-state index contributed by atoms with van der Waals surface area (Å²) in [5, 5.41) is 38.6. The van der Waals surface area contributed by atoms with E-state index in [-0.39, 0.29) is 17.0 Å². The van der Waals surface area contributed by atoms with Crippen LogP contribution in [0.5, 0.6) is 0 Å². The average Bonchev–Trinajstić information content (AvgIpc) is 2.69. The van der Waals surface area contributed by atoms with Crippen LogP contribution >= 0.6 is 0 Å². The number of anilines is 1. The first-order valence-electron chi connectivity index (χ1n) is 7.29. The topological polar surface area (TPSA) is 146 Å². The number of azo groups is 1. The van der Waals surface area contributed by atoms with E-state index in [1.165, 1.54) is 0 Å². The second kappa shape index (κ2) is 8.97. The van der Waals surface area contributed by atoms with E-state index < -0.39 is 0 Å². The first kappa shape index (κ1) is 17.9. The summed E-state index contributed by atoms with van der Waals surface area (Å²) in [5.74, 6) is 0. The van der Waals surface area contributed by atoms with Gasteiger partial charge in [0.15, 0.2) is 11.3 Å². The van der Waals surface area contributed by atoms with Gasteiger partial charge in [0, 0.05) is 0 Å². The molecular formula is C18H12N8. The Morgan fingerprint density at radius 1 is 0.808 bits per heavy atom. The van der Waals surface area contributed by atoms with Crippen molar-refractivity contribution in [1.29, 1.82) is 15.8 Å². The van der Waals surface area contributed by atoms with Gasteiger partial charge in [-0.3, -0.25) is 5.43 Å². The third-order valence-corrected chi connectivity index (χ3v) is 3.06. The minimum Gasteiger partial charge on any atom is -0.395 e. The Kier molecular flexibility index (Phi) is 6.17. The number of hydrogen-bond donors (Lipinski definition) is 2. The molecule has 0 aromatic heterocycles. The van der Waals surface area contributed by atoms with Crippen LogP contribution in [-0.2, 0) is 0 Å². The van der Waals surface area contributed by atoms with Gasteiger partial charge in [0.05, 0.1) is 22.8 Å². The van der Waals surface area contributed by atoms with Gasteiger partial charge in [0.1, 0.15) is 18.2 Å². The lowest BCUT2D eigenvalue weighted by atomic mass is 10.2. The van der Waals surface area contributed by atoms with Crippen molar-refractivity contribution >= 4 is 22.8 Å². The van der Waals surface area contributed by atoms with Gasteiger partial charge in [0.25, 0.3) is 0 Å². The molecule has 0 bridgehead atoms. The zero-order valence-corrected chi connectivity index (χ0v) is 13.5. The quantitative estimate of drug-likeness (QED) is 0.369. The van der Waals surface area contributed by atoms with Crippen LogP contribution in [0.2, 0.25) is 0 Å². The van der Waals surface area contributed by atoms with Crippen molar-refractivity contribution < 1.29 is 0 Å². The molecule has 2 aromatic rings. The molecule has 0 spiro atoms. The van der Waals surface area contributed by atoms with Gasteiger partial charge in [-0.15, -0.1) is 0 Å². The van der Waals surface area contributed by atoms with Crippen molar-refractivity contribution in [2.45, 2.75) is 0 Å². The molecule has 2 aromatic carbocycles. The Hall–Kier alpha value is -4.48. The molecule has 124 valence electrons. The highest BCUT2D eigenvalue weighted by Crippen LogP contribution is 2.20. The molecule has 0 atom stereocenters. The lowest BCUT2D eigenvalue weighted by Gasteiger charge is -2.02. The van der Waals surface area contributed by atoms with Crippen molar-refractivity contribution in [3.05, 3.63) is 65.9 Å². The normalized spacial score (nSPS) is 10.4. The summed E-state index contributed by atoms with van der Waals surface area (Å²) < 4.78 is 0. The highest BCUT2D eigenvalue weighted by atomic mass is 15.3. The molecule has 8 heteroatoms. The smallest absolute Gasteiger partial charge is 0.185 e. The largest absolute Gasteiger partial charge is 0.395 e. The Bertz CT molecular complexity index is 965. The van der Waals surface area contributed by atoms with Gasteiger partial charge in [0.2, 0.25) is 0 Å². The fraction of sp³-hybridized carbons (Fsp3) is 0. The van der Waals surface area contributed by atoms with Crippen molar-refractivity contribution in [1.82, 2.24) is 0 Å². The van der Waals surface area contributed by atoms with E-state index in [4.69, 9.17) is 21.5 Å². The second-order valence-electron chi connectivity index (χ2n) is 4.78. The maximum Gasteiger partial charge on any atom is 0.185 e. The molecule has 8 nitrogen and oxygen atoms in total. The van der Waals surface area contributed by atoms with Crippen molar-refractivity contribution in [2.24, 2.45) is 21.1 Å². The fourth-order valence-corrected chi connectivity index (χ4v) is 1.74. The minimum absolute atomic E-state index is 0.254. The lowest BCUT2D eigenvalue weighted by molar-refractivity contribution is 1.23. The van der Waals surface area contributed by atoms with Crippen LogP contribution in [0.3, 0.4) is 0 Å². The van der Waals surface area contributed by atoms with Crippen LogP contribution < -0.4 is 11.2 Å². The SMILES string of the molecule is N#CC(=NNc1ccc(/N=N/c2ccccc2)cc1)C(N)=C(C#N)C#N. The number of hydrogen-bond acceptors (Lipinski definition) is 8. The van der Waals surface area contributed by atoms with E-state index in [0.717, 1.165) is 5.69 Å². The summed E-state index contributed by atoms with van der Waals surface area (Å²) >= 11 is 0. The van der Waals surface area contributed by atoms with Gasteiger partial charge in [-0.25, -0.2) is 0 Å². The van der Waals surface area contributed by atoms with Gasteiger partial charge >= 0.3 is 0 Å². The van der Waals surface area contributed by atoms with E-state index in [2.05, 4.69) is 20.8 Å². The summed E-state index contributed by atoms with van der Waals surface area (Å²) in [6.45, 7) is 0. The van der Waals surface area contributed by atoms with E-state index >= 15 is 0 Å². The van der Waals surface area contributed by atoms with Crippen LogP contribution in [0, 0.1) is 34.0 Å². The van der Waals surface area contributed by atoms with Crippen molar-refractivity contribution in [3.63, 3.8) is 0 Å². The highest BCUT2D eigenvalue weighted by Gasteiger charge is 2.09. The van der Waals surface area contributed by atoms with Gasteiger partial charge < -0.3 is 5.73 Å². The van der Waals surface area contributed by atoms with E-state index in [1.54, 1.807) is 42.5 Å². The van der Waals surface area contributed by atoms with E-state index in [0.29, 0.717) is 11.4 Å². The number of nitrogens with one attached hydrogen (secondary N) is 1. The van der Waals surface area contributed by atoms with Crippen LogP contribution in [0.1, 0.15) is 0 Å². The number of benzene rings is 2. The van der Waals surface area contributed by atoms with Gasteiger partial charge in [-0.2, -0.15) is 31.1 Å². The second-order valence-corrected chi connectivity index (χ2v) is 4.78. The van der Waals surface area contributed by atoms with Crippen molar-refractivity contribution in [2.75, 3.05) is 5.43 Å². The third kappa shape index (κ3) is 4.76. The molecular weight excluding hydrogens is 328 g/mol. The van der Waals surface area contributed by atoms with Crippen LogP contribution in [0.4, 0.5) is 17.1 Å². The summed E-state index contributed by atoms with van der Waals surface area (Å²) in [4.78, 5) is 0. The molecule has 0 radical (unpaired) electrons. The third-order valence-electron chi connectivity index (χ3n) is 3.06.